The number of aromatic nitrogens is 2. The van der Waals surface area contributed by atoms with Crippen molar-refractivity contribution in [1.29, 1.82) is 0 Å². The summed E-state index contributed by atoms with van der Waals surface area (Å²) in [7, 11) is 0. The Morgan fingerprint density at radius 3 is 2.32 bits per heavy atom. The van der Waals surface area contributed by atoms with Crippen molar-refractivity contribution in [3.63, 3.8) is 0 Å². The maximum absolute atomic E-state index is 12.3. The molecule has 0 spiro atoms. The van der Waals surface area contributed by atoms with Gasteiger partial charge in [-0.2, -0.15) is 5.10 Å². The van der Waals surface area contributed by atoms with Gasteiger partial charge in [0.05, 0.1) is 23.6 Å². The van der Waals surface area contributed by atoms with Crippen LogP contribution in [-0.2, 0) is 6.54 Å². The van der Waals surface area contributed by atoms with Crippen LogP contribution in [-0.4, -0.2) is 15.8 Å². The summed E-state index contributed by atoms with van der Waals surface area (Å²) >= 11 is 0. The minimum Gasteiger partial charge on any atom is -0.308 e. The van der Waals surface area contributed by atoms with Crippen molar-refractivity contribution in [2.45, 2.75) is 27.3 Å². The fourth-order valence-corrected chi connectivity index (χ4v) is 2.70. The molecule has 2 aromatic carbocycles. The number of carbonyl (C=O) groups excluding carboxylic acids is 1. The lowest BCUT2D eigenvalue weighted by Gasteiger charge is -2.09. The number of amides is 2. The molecule has 0 unspecified atom stereocenters. The number of urea groups is 1. The maximum Gasteiger partial charge on any atom is 0.323 e. The van der Waals surface area contributed by atoms with Crippen molar-refractivity contribution in [2.24, 2.45) is 0 Å². The van der Waals surface area contributed by atoms with E-state index in [1.807, 2.05) is 67.9 Å². The number of anilines is 2. The Morgan fingerprint density at radius 2 is 1.64 bits per heavy atom. The van der Waals surface area contributed by atoms with E-state index in [0.29, 0.717) is 6.54 Å². The Kier molecular flexibility index (Phi) is 4.84. The van der Waals surface area contributed by atoms with Crippen LogP contribution in [0.25, 0.3) is 0 Å². The Balaban J connectivity index is 1.72. The highest BCUT2D eigenvalue weighted by Crippen LogP contribution is 2.21. The van der Waals surface area contributed by atoms with E-state index in [2.05, 4.69) is 27.9 Å². The standard InChI is InChI=1S/C20H22N4O/c1-14-9-11-18(12-10-14)21-20(25)22-19-15(2)23-24(16(19)3)13-17-7-5-4-6-8-17/h4-12H,13H2,1-3H3,(H2,21,22,25). The number of benzene rings is 2. The monoisotopic (exact) mass is 334 g/mol. The lowest BCUT2D eigenvalue weighted by atomic mass is 10.2. The van der Waals surface area contributed by atoms with Gasteiger partial charge in [0.25, 0.3) is 0 Å². The molecular weight excluding hydrogens is 312 g/mol. The number of nitrogens with one attached hydrogen (secondary N) is 2. The van der Waals surface area contributed by atoms with Gasteiger partial charge in [-0.15, -0.1) is 0 Å². The van der Waals surface area contributed by atoms with Crippen LogP contribution in [0.5, 0.6) is 0 Å². The number of rotatable bonds is 4. The first-order valence-corrected chi connectivity index (χ1v) is 8.25. The van der Waals surface area contributed by atoms with Crippen LogP contribution < -0.4 is 10.6 Å². The summed E-state index contributed by atoms with van der Waals surface area (Å²) in [6.07, 6.45) is 0. The summed E-state index contributed by atoms with van der Waals surface area (Å²) in [4.78, 5) is 12.3. The zero-order chi connectivity index (χ0) is 17.8. The normalized spacial score (nSPS) is 10.5. The highest BCUT2D eigenvalue weighted by Gasteiger charge is 2.14. The second kappa shape index (κ2) is 7.21. The number of hydrogen-bond acceptors (Lipinski definition) is 2. The molecule has 0 saturated carbocycles. The number of aryl methyl sites for hydroxylation is 2. The zero-order valence-electron chi connectivity index (χ0n) is 14.7. The van der Waals surface area contributed by atoms with Gasteiger partial charge in [0.1, 0.15) is 0 Å². The first kappa shape index (κ1) is 16.8. The first-order chi connectivity index (χ1) is 12.0. The molecule has 0 saturated heterocycles. The van der Waals surface area contributed by atoms with E-state index in [1.165, 1.54) is 5.56 Å². The third-order valence-corrected chi connectivity index (χ3v) is 4.10. The lowest BCUT2D eigenvalue weighted by Crippen LogP contribution is -2.20. The van der Waals surface area contributed by atoms with E-state index in [0.717, 1.165) is 28.3 Å². The quantitative estimate of drug-likeness (QED) is 0.738. The second-order valence-electron chi connectivity index (χ2n) is 6.13. The first-order valence-electron chi connectivity index (χ1n) is 8.25. The molecule has 128 valence electrons. The smallest absolute Gasteiger partial charge is 0.308 e. The van der Waals surface area contributed by atoms with Crippen molar-refractivity contribution in [2.75, 3.05) is 10.6 Å². The molecule has 5 nitrogen and oxygen atoms in total. The van der Waals surface area contributed by atoms with Gasteiger partial charge in [-0.3, -0.25) is 4.68 Å². The van der Waals surface area contributed by atoms with Gasteiger partial charge in [0.2, 0.25) is 0 Å². The number of hydrogen-bond donors (Lipinski definition) is 2. The van der Waals surface area contributed by atoms with Crippen LogP contribution in [0.3, 0.4) is 0 Å². The average Bonchev–Trinajstić information content (AvgIpc) is 2.85. The predicted molar refractivity (Wildman–Crippen MR) is 101 cm³/mol. The van der Waals surface area contributed by atoms with Gasteiger partial charge in [-0.05, 0) is 38.5 Å². The Hall–Kier alpha value is -3.08. The molecule has 5 heteroatoms. The molecule has 25 heavy (non-hydrogen) atoms. The summed E-state index contributed by atoms with van der Waals surface area (Å²) in [6.45, 7) is 6.55. The van der Waals surface area contributed by atoms with Crippen molar-refractivity contribution in [3.05, 3.63) is 77.1 Å². The van der Waals surface area contributed by atoms with Crippen molar-refractivity contribution < 1.29 is 4.79 Å². The molecule has 0 fully saturated rings. The van der Waals surface area contributed by atoms with E-state index in [1.54, 1.807) is 0 Å². The van der Waals surface area contributed by atoms with Crippen molar-refractivity contribution in [3.8, 4) is 0 Å². The Morgan fingerprint density at radius 1 is 0.960 bits per heavy atom. The fourth-order valence-electron chi connectivity index (χ4n) is 2.70. The van der Waals surface area contributed by atoms with Crippen LogP contribution in [0, 0.1) is 20.8 Å². The minimum absolute atomic E-state index is 0.269. The largest absolute Gasteiger partial charge is 0.323 e. The van der Waals surface area contributed by atoms with Crippen LogP contribution in [0.2, 0.25) is 0 Å². The highest BCUT2D eigenvalue weighted by molar-refractivity contribution is 6.00. The van der Waals surface area contributed by atoms with E-state index in [4.69, 9.17) is 0 Å². The molecule has 3 aromatic rings. The SMILES string of the molecule is Cc1ccc(NC(=O)Nc2c(C)nn(Cc3ccccc3)c2C)cc1. The molecule has 0 aliphatic heterocycles. The molecule has 2 N–H and O–H groups in total. The van der Waals surface area contributed by atoms with Gasteiger partial charge in [-0.25, -0.2) is 4.79 Å². The van der Waals surface area contributed by atoms with Gasteiger partial charge >= 0.3 is 6.03 Å². The molecule has 0 bridgehead atoms. The lowest BCUT2D eigenvalue weighted by molar-refractivity contribution is 0.262. The van der Waals surface area contributed by atoms with E-state index < -0.39 is 0 Å². The highest BCUT2D eigenvalue weighted by atomic mass is 16.2. The Labute approximate surface area is 147 Å². The van der Waals surface area contributed by atoms with E-state index in [-0.39, 0.29) is 6.03 Å². The maximum atomic E-state index is 12.3. The van der Waals surface area contributed by atoms with Crippen LogP contribution in [0.15, 0.2) is 54.6 Å². The molecule has 1 aromatic heterocycles. The predicted octanol–water partition coefficient (Wildman–Crippen LogP) is 4.50. The average molecular weight is 334 g/mol. The molecule has 3 rings (SSSR count). The van der Waals surface area contributed by atoms with Crippen molar-refractivity contribution >= 4 is 17.4 Å². The minimum atomic E-state index is -0.269. The Bertz CT molecular complexity index is 867. The fraction of sp³-hybridized carbons (Fsp3) is 0.200. The third kappa shape index (κ3) is 4.07. The molecule has 1 heterocycles. The number of carbonyl (C=O) groups is 1. The van der Waals surface area contributed by atoms with Crippen LogP contribution in [0.4, 0.5) is 16.2 Å². The molecular formula is C20H22N4O. The second-order valence-corrected chi connectivity index (χ2v) is 6.13. The molecule has 2 amide bonds. The zero-order valence-corrected chi connectivity index (χ0v) is 14.7. The third-order valence-electron chi connectivity index (χ3n) is 4.10. The van der Waals surface area contributed by atoms with Gasteiger partial charge in [0.15, 0.2) is 0 Å². The van der Waals surface area contributed by atoms with E-state index in [9.17, 15) is 4.79 Å². The number of nitrogens with zero attached hydrogens (tertiary/aromatic N) is 2. The van der Waals surface area contributed by atoms with Crippen LogP contribution >= 0.6 is 0 Å². The molecule has 0 aliphatic rings. The van der Waals surface area contributed by atoms with Gasteiger partial charge in [0, 0.05) is 5.69 Å². The van der Waals surface area contributed by atoms with Gasteiger partial charge in [-0.1, -0.05) is 48.0 Å². The van der Waals surface area contributed by atoms with E-state index >= 15 is 0 Å². The van der Waals surface area contributed by atoms with Crippen molar-refractivity contribution in [1.82, 2.24) is 9.78 Å². The van der Waals surface area contributed by atoms with Crippen LogP contribution in [0.1, 0.15) is 22.5 Å². The molecule has 0 aliphatic carbocycles. The molecule has 0 radical (unpaired) electrons. The summed E-state index contributed by atoms with van der Waals surface area (Å²) in [5.74, 6) is 0. The summed E-state index contributed by atoms with van der Waals surface area (Å²) in [5, 5.41) is 10.3. The molecule has 0 atom stereocenters. The summed E-state index contributed by atoms with van der Waals surface area (Å²) < 4.78 is 1.91. The topological polar surface area (TPSA) is 59.0 Å². The van der Waals surface area contributed by atoms with Gasteiger partial charge < -0.3 is 10.6 Å². The summed E-state index contributed by atoms with van der Waals surface area (Å²) in [5.41, 5.74) is 5.56. The summed E-state index contributed by atoms with van der Waals surface area (Å²) in [6, 6.07) is 17.6.